The summed E-state index contributed by atoms with van der Waals surface area (Å²) in [5.41, 5.74) is 1.95. The van der Waals surface area contributed by atoms with E-state index >= 15 is 0 Å². The Morgan fingerprint density at radius 2 is 2.00 bits per heavy atom. The molecule has 0 atom stereocenters. The third-order valence-electron chi connectivity index (χ3n) is 2.56. The molecule has 6 heteroatoms. The van der Waals surface area contributed by atoms with Crippen molar-refractivity contribution in [3.05, 3.63) is 52.5 Å². The Bertz CT molecular complexity index is 630. The molecule has 0 amide bonds. The third kappa shape index (κ3) is 2.14. The smallest absolute Gasteiger partial charge is 0.183 e. The number of aromatic nitrogens is 4. The van der Waals surface area contributed by atoms with E-state index < -0.39 is 0 Å². The van der Waals surface area contributed by atoms with Crippen LogP contribution in [0.25, 0.3) is 11.4 Å². The lowest BCUT2D eigenvalue weighted by atomic mass is 10.2. The fourth-order valence-electron chi connectivity index (χ4n) is 1.67. The average molecular weight is 260 g/mol. The molecule has 2 heterocycles. The Morgan fingerprint density at radius 1 is 1.17 bits per heavy atom. The van der Waals surface area contributed by atoms with Gasteiger partial charge in [0.05, 0.1) is 6.54 Å². The molecule has 0 saturated carbocycles. The van der Waals surface area contributed by atoms with Crippen LogP contribution in [0.3, 0.4) is 0 Å². The first kappa shape index (κ1) is 11.0. The fraction of sp³-hybridized carbons (Fsp3) is 0.0833. The summed E-state index contributed by atoms with van der Waals surface area (Å²) in [7, 11) is 0. The van der Waals surface area contributed by atoms with Crippen molar-refractivity contribution in [1.82, 2.24) is 20.2 Å². The van der Waals surface area contributed by atoms with E-state index in [-0.39, 0.29) is 5.82 Å². The summed E-state index contributed by atoms with van der Waals surface area (Å²) in [6.07, 6.45) is 0. The second-order valence-corrected chi connectivity index (χ2v) is 4.58. The van der Waals surface area contributed by atoms with E-state index in [1.165, 1.54) is 12.1 Å². The number of rotatable bonds is 3. The Hall–Kier alpha value is -2.08. The summed E-state index contributed by atoms with van der Waals surface area (Å²) in [6, 6.07) is 8.30. The summed E-state index contributed by atoms with van der Waals surface area (Å²) in [6.45, 7) is 0.526. The van der Waals surface area contributed by atoms with Gasteiger partial charge in [-0.15, -0.1) is 5.10 Å². The SMILES string of the molecule is Fc1ccc(Cn2nnnc2-c2ccsc2)cc1. The van der Waals surface area contributed by atoms with Crippen molar-refractivity contribution in [2.24, 2.45) is 0 Å². The van der Waals surface area contributed by atoms with Crippen molar-refractivity contribution in [3.8, 4) is 11.4 Å². The van der Waals surface area contributed by atoms with Crippen LogP contribution in [-0.2, 0) is 6.54 Å². The molecule has 0 radical (unpaired) electrons. The first-order valence-corrected chi connectivity index (χ1v) is 6.30. The molecule has 0 fully saturated rings. The first-order chi connectivity index (χ1) is 8.83. The van der Waals surface area contributed by atoms with Crippen LogP contribution in [0.2, 0.25) is 0 Å². The standard InChI is InChI=1S/C12H9FN4S/c13-11-3-1-9(2-4-11)7-17-12(14-15-16-17)10-5-6-18-8-10/h1-6,8H,7H2. The van der Waals surface area contributed by atoms with Gasteiger partial charge in [-0.25, -0.2) is 9.07 Å². The predicted octanol–water partition coefficient (Wildman–Crippen LogP) is 2.59. The van der Waals surface area contributed by atoms with E-state index in [4.69, 9.17) is 0 Å². The number of hydrogen-bond donors (Lipinski definition) is 0. The quantitative estimate of drug-likeness (QED) is 0.727. The van der Waals surface area contributed by atoms with E-state index in [0.29, 0.717) is 6.54 Å². The van der Waals surface area contributed by atoms with Gasteiger partial charge in [-0.05, 0) is 39.6 Å². The van der Waals surface area contributed by atoms with Crippen LogP contribution < -0.4 is 0 Å². The van der Waals surface area contributed by atoms with E-state index in [1.54, 1.807) is 28.2 Å². The molecule has 0 aliphatic heterocycles. The summed E-state index contributed by atoms with van der Waals surface area (Å²) in [5, 5.41) is 15.6. The molecule has 0 saturated heterocycles. The average Bonchev–Trinajstić information content (AvgIpc) is 3.02. The predicted molar refractivity (Wildman–Crippen MR) is 66.6 cm³/mol. The van der Waals surface area contributed by atoms with Crippen LogP contribution in [0, 0.1) is 5.82 Å². The Kier molecular flexibility index (Phi) is 2.85. The van der Waals surface area contributed by atoms with Gasteiger partial charge in [0.1, 0.15) is 5.82 Å². The number of halogens is 1. The van der Waals surface area contributed by atoms with Crippen molar-refractivity contribution in [2.45, 2.75) is 6.54 Å². The van der Waals surface area contributed by atoms with Crippen LogP contribution in [0.15, 0.2) is 41.1 Å². The minimum absolute atomic E-state index is 0.242. The molecular weight excluding hydrogens is 251 g/mol. The number of tetrazole rings is 1. The highest BCUT2D eigenvalue weighted by Gasteiger charge is 2.09. The molecule has 0 spiro atoms. The van der Waals surface area contributed by atoms with Crippen LogP contribution in [-0.4, -0.2) is 20.2 Å². The number of hydrogen-bond acceptors (Lipinski definition) is 4. The van der Waals surface area contributed by atoms with E-state index in [9.17, 15) is 4.39 Å². The number of nitrogens with zero attached hydrogens (tertiary/aromatic N) is 4. The topological polar surface area (TPSA) is 43.6 Å². The highest BCUT2D eigenvalue weighted by Crippen LogP contribution is 2.19. The zero-order valence-corrected chi connectivity index (χ0v) is 10.1. The van der Waals surface area contributed by atoms with Crippen molar-refractivity contribution in [1.29, 1.82) is 0 Å². The summed E-state index contributed by atoms with van der Waals surface area (Å²) >= 11 is 1.60. The highest BCUT2D eigenvalue weighted by atomic mass is 32.1. The minimum Gasteiger partial charge on any atom is -0.221 e. The van der Waals surface area contributed by atoms with E-state index in [0.717, 1.165) is 17.0 Å². The van der Waals surface area contributed by atoms with Crippen LogP contribution in [0.1, 0.15) is 5.56 Å². The van der Waals surface area contributed by atoms with Crippen molar-refractivity contribution >= 4 is 11.3 Å². The number of thiophene rings is 1. The van der Waals surface area contributed by atoms with Gasteiger partial charge in [0, 0.05) is 10.9 Å². The molecule has 3 aromatic rings. The van der Waals surface area contributed by atoms with Gasteiger partial charge in [0.25, 0.3) is 0 Å². The summed E-state index contributed by atoms with van der Waals surface area (Å²) < 4.78 is 14.5. The normalized spacial score (nSPS) is 10.7. The molecule has 0 N–H and O–H groups in total. The maximum Gasteiger partial charge on any atom is 0.183 e. The summed E-state index contributed by atoms with van der Waals surface area (Å²) in [5.74, 6) is 0.481. The van der Waals surface area contributed by atoms with E-state index in [2.05, 4.69) is 15.5 Å². The summed E-state index contributed by atoms with van der Waals surface area (Å²) in [4.78, 5) is 0. The first-order valence-electron chi connectivity index (χ1n) is 5.36. The van der Waals surface area contributed by atoms with Gasteiger partial charge < -0.3 is 0 Å². The van der Waals surface area contributed by atoms with Crippen molar-refractivity contribution in [3.63, 3.8) is 0 Å². The van der Waals surface area contributed by atoms with Crippen molar-refractivity contribution in [2.75, 3.05) is 0 Å². The maximum absolute atomic E-state index is 12.8. The molecule has 2 aromatic heterocycles. The molecule has 0 aliphatic carbocycles. The van der Waals surface area contributed by atoms with Crippen LogP contribution in [0.4, 0.5) is 4.39 Å². The largest absolute Gasteiger partial charge is 0.221 e. The van der Waals surface area contributed by atoms with Crippen LogP contribution in [0.5, 0.6) is 0 Å². The second-order valence-electron chi connectivity index (χ2n) is 3.80. The van der Waals surface area contributed by atoms with Gasteiger partial charge in [-0.1, -0.05) is 12.1 Å². The van der Waals surface area contributed by atoms with Gasteiger partial charge in [-0.3, -0.25) is 0 Å². The lowest BCUT2D eigenvalue weighted by Crippen LogP contribution is -2.04. The molecule has 0 aliphatic rings. The highest BCUT2D eigenvalue weighted by molar-refractivity contribution is 7.08. The molecular formula is C12H9FN4S. The molecule has 0 bridgehead atoms. The molecule has 1 aromatic carbocycles. The molecule has 4 nitrogen and oxygen atoms in total. The molecule has 0 unspecified atom stereocenters. The minimum atomic E-state index is -0.242. The second kappa shape index (κ2) is 4.66. The lowest BCUT2D eigenvalue weighted by Gasteiger charge is -2.03. The monoisotopic (exact) mass is 260 g/mol. The lowest BCUT2D eigenvalue weighted by molar-refractivity contribution is 0.622. The maximum atomic E-state index is 12.8. The Balaban J connectivity index is 1.90. The molecule has 90 valence electrons. The molecule has 3 rings (SSSR count). The van der Waals surface area contributed by atoms with Gasteiger partial charge >= 0.3 is 0 Å². The van der Waals surface area contributed by atoms with E-state index in [1.807, 2.05) is 16.8 Å². The Labute approximate surface area is 107 Å². The molecule has 18 heavy (non-hydrogen) atoms. The zero-order chi connectivity index (χ0) is 12.4. The number of benzene rings is 1. The third-order valence-corrected chi connectivity index (χ3v) is 3.24. The van der Waals surface area contributed by atoms with Crippen LogP contribution >= 0.6 is 11.3 Å². The van der Waals surface area contributed by atoms with Gasteiger partial charge in [0.15, 0.2) is 5.82 Å². The fourth-order valence-corrected chi connectivity index (χ4v) is 2.31. The zero-order valence-electron chi connectivity index (χ0n) is 9.32. The van der Waals surface area contributed by atoms with Crippen molar-refractivity contribution < 1.29 is 4.39 Å². The van der Waals surface area contributed by atoms with Gasteiger partial charge in [0.2, 0.25) is 0 Å². The Morgan fingerprint density at radius 3 is 2.72 bits per heavy atom. The van der Waals surface area contributed by atoms with Gasteiger partial charge in [-0.2, -0.15) is 11.3 Å².